The number of aromatic nitrogens is 2. The van der Waals surface area contributed by atoms with Crippen molar-refractivity contribution in [1.82, 2.24) is 9.97 Å². The lowest BCUT2D eigenvalue weighted by Gasteiger charge is -2.08. The molecule has 2 N–H and O–H groups in total. The third-order valence-corrected chi connectivity index (χ3v) is 2.92. The van der Waals surface area contributed by atoms with Crippen LogP contribution in [0.25, 0.3) is 11.1 Å². The molecule has 0 amide bonds. The van der Waals surface area contributed by atoms with Crippen molar-refractivity contribution >= 4 is 15.9 Å². The second-order valence-electron chi connectivity index (χ2n) is 4.01. The summed E-state index contributed by atoms with van der Waals surface area (Å²) in [6.07, 6.45) is -5.92. The molecule has 4 nitrogen and oxygen atoms in total. The number of nitrogens with zero attached hydrogens (tertiary/aromatic N) is 1. The fourth-order valence-corrected chi connectivity index (χ4v) is 2.08. The molecular weight excluding hydrogens is 341 g/mol. The lowest BCUT2D eigenvalue weighted by atomic mass is 10.1. The maximum Gasteiger partial charge on any atom is 0.396 e. The molecule has 0 spiro atoms. The Kier molecular flexibility index (Phi) is 3.85. The van der Waals surface area contributed by atoms with Crippen LogP contribution >= 0.6 is 15.9 Å². The first kappa shape index (κ1) is 14.6. The normalized spacial score (nSPS) is 11.6. The van der Waals surface area contributed by atoms with Gasteiger partial charge in [-0.1, -0.05) is 28.1 Å². The van der Waals surface area contributed by atoms with Crippen molar-refractivity contribution in [3.8, 4) is 17.0 Å². The van der Waals surface area contributed by atoms with Gasteiger partial charge in [0.05, 0.1) is 0 Å². The molecule has 2 rings (SSSR count). The highest BCUT2D eigenvalue weighted by Crippen LogP contribution is 2.27. The van der Waals surface area contributed by atoms with Gasteiger partial charge in [-0.3, -0.25) is 4.79 Å². The van der Waals surface area contributed by atoms with Gasteiger partial charge in [-0.2, -0.15) is 18.2 Å². The molecule has 0 aliphatic heterocycles. The Labute approximate surface area is 119 Å². The van der Waals surface area contributed by atoms with E-state index in [1.165, 1.54) is 0 Å². The molecule has 0 unspecified atom stereocenters. The smallest absolute Gasteiger partial charge is 0.396 e. The highest BCUT2D eigenvalue weighted by atomic mass is 79.9. The third-order valence-electron chi connectivity index (χ3n) is 2.43. The van der Waals surface area contributed by atoms with Crippen LogP contribution in [0.15, 0.2) is 33.5 Å². The van der Waals surface area contributed by atoms with E-state index in [9.17, 15) is 23.1 Å². The van der Waals surface area contributed by atoms with Gasteiger partial charge in [-0.15, -0.1) is 0 Å². The maximum absolute atomic E-state index is 12.2. The number of alkyl halides is 3. The second kappa shape index (κ2) is 5.28. The number of nitrogens with one attached hydrogen (secondary N) is 1. The van der Waals surface area contributed by atoms with Crippen LogP contribution in [-0.4, -0.2) is 21.3 Å². The fourth-order valence-electron chi connectivity index (χ4n) is 1.68. The highest BCUT2D eigenvalue weighted by molar-refractivity contribution is 9.10. The zero-order valence-electron chi connectivity index (χ0n) is 9.83. The van der Waals surface area contributed by atoms with E-state index < -0.39 is 29.9 Å². The van der Waals surface area contributed by atoms with E-state index in [-0.39, 0.29) is 5.56 Å². The summed E-state index contributed by atoms with van der Waals surface area (Å²) in [5, 5.41) is 9.70. The molecule has 1 heterocycles. The molecule has 106 valence electrons. The van der Waals surface area contributed by atoms with Gasteiger partial charge in [0.2, 0.25) is 5.88 Å². The SMILES string of the molecule is O=c1[nH]c(CC(F)(F)F)nc(O)c1-c1cccc(Br)c1. The molecule has 2 aromatic rings. The first-order valence-corrected chi connectivity index (χ1v) is 6.20. The average molecular weight is 349 g/mol. The monoisotopic (exact) mass is 348 g/mol. The zero-order chi connectivity index (χ0) is 14.9. The molecule has 0 atom stereocenters. The van der Waals surface area contributed by atoms with Gasteiger partial charge in [0, 0.05) is 4.47 Å². The molecule has 1 aromatic carbocycles. The van der Waals surface area contributed by atoms with Gasteiger partial charge in [0.25, 0.3) is 5.56 Å². The van der Waals surface area contributed by atoms with Gasteiger partial charge in [0.15, 0.2) is 0 Å². The van der Waals surface area contributed by atoms with Crippen LogP contribution in [0.2, 0.25) is 0 Å². The van der Waals surface area contributed by atoms with E-state index in [1.54, 1.807) is 24.3 Å². The molecule has 0 saturated carbocycles. The molecule has 1 aromatic heterocycles. The molecule has 0 radical (unpaired) electrons. The van der Waals surface area contributed by atoms with Crippen molar-refractivity contribution in [2.75, 3.05) is 0 Å². The summed E-state index contributed by atoms with van der Waals surface area (Å²) in [6, 6.07) is 6.43. The Bertz CT molecular complexity index is 698. The molecular formula is C12H8BrF3N2O2. The van der Waals surface area contributed by atoms with Crippen LogP contribution in [0.5, 0.6) is 5.88 Å². The van der Waals surface area contributed by atoms with E-state index in [1.807, 2.05) is 4.98 Å². The summed E-state index contributed by atoms with van der Waals surface area (Å²) in [7, 11) is 0. The van der Waals surface area contributed by atoms with Crippen LogP contribution in [0, 0.1) is 0 Å². The van der Waals surface area contributed by atoms with Gasteiger partial charge in [-0.05, 0) is 17.7 Å². The van der Waals surface area contributed by atoms with E-state index >= 15 is 0 Å². The summed E-state index contributed by atoms with van der Waals surface area (Å²) >= 11 is 3.20. The lowest BCUT2D eigenvalue weighted by Crippen LogP contribution is -2.20. The molecule has 8 heteroatoms. The number of benzene rings is 1. The van der Waals surface area contributed by atoms with Crippen molar-refractivity contribution in [2.24, 2.45) is 0 Å². The van der Waals surface area contributed by atoms with Crippen LogP contribution < -0.4 is 5.56 Å². The number of H-pyrrole nitrogens is 1. The first-order valence-electron chi connectivity index (χ1n) is 5.41. The van der Waals surface area contributed by atoms with Gasteiger partial charge in [0.1, 0.15) is 17.8 Å². The van der Waals surface area contributed by atoms with Gasteiger partial charge >= 0.3 is 6.18 Å². The number of hydrogen-bond acceptors (Lipinski definition) is 3. The predicted molar refractivity (Wildman–Crippen MR) is 69.4 cm³/mol. The Balaban J connectivity index is 2.50. The molecule has 0 aliphatic rings. The fraction of sp³-hybridized carbons (Fsp3) is 0.167. The number of hydrogen-bond donors (Lipinski definition) is 2. The molecule has 20 heavy (non-hydrogen) atoms. The number of aromatic hydroxyl groups is 1. The Morgan fingerprint density at radius 1 is 1.35 bits per heavy atom. The summed E-state index contributed by atoms with van der Waals surface area (Å²) in [4.78, 5) is 17.2. The summed E-state index contributed by atoms with van der Waals surface area (Å²) in [5.41, 5.74) is -0.642. The van der Waals surface area contributed by atoms with E-state index in [0.29, 0.717) is 10.0 Å². The van der Waals surface area contributed by atoms with Crippen LogP contribution in [-0.2, 0) is 6.42 Å². The van der Waals surface area contributed by atoms with Crippen molar-refractivity contribution in [3.63, 3.8) is 0 Å². The predicted octanol–water partition coefficient (Wildman–Crippen LogP) is 3.01. The van der Waals surface area contributed by atoms with Crippen molar-refractivity contribution < 1.29 is 18.3 Å². The average Bonchev–Trinajstić information content (AvgIpc) is 2.25. The Hall–Kier alpha value is -1.83. The minimum Gasteiger partial charge on any atom is -0.493 e. The highest BCUT2D eigenvalue weighted by Gasteiger charge is 2.30. The zero-order valence-corrected chi connectivity index (χ0v) is 11.4. The largest absolute Gasteiger partial charge is 0.493 e. The maximum atomic E-state index is 12.2. The Morgan fingerprint density at radius 2 is 2.05 bits per heavy atom. The standard InChI is InChI=1S/C12H8BrF3N2O2/c13-7-3-1-2-6(4-7)9-10(19)17-8(18-11(9)20)5-12(14,15)16/h1-4H,5H2,(H2,17,18,19,20). The van der Waals surface area contributed by atoms with E-state index in [0.717, 1.165) is 0 Å². The van der Waals surface area contributed by atoms with Crippen molar-refractivity contribution in [1.29, 1.82) is 0 Å². The Morgan fingerprint density at radius 3 is 2.60 bits per heavy atom. The lowest BCUT2D eigenvalue weighted by molar-refractivity contribution is -0.128. The molecule has 0 fully saturated rings. The van der Waals surface area contributed by atoms with Gasteiger partial charge < -0.3 is 10.1 Å². The summed E-state index contributed by atoms with van der Waals surface area (Å²) in [6.45, 7) is 0. The number of aromatic amines is 1. The van der Waals surface area contributed by atoms with E-state index in [4.69, 9.17) is 0 Å². The topological polar surface area (TPSA) is 66.0 Å². The summed E-state index contributed by atoms with van der Waals surface area (Å²) in [5.74, 6) is -1.36. The minimum atomic E-state index is -4.51. The van der Waals surface area contributed by atoms with Crippen LogP contribution in [0.4, 0.5) is 13.2 Å². The summed E-state index contributed by atoms with van der Waals surface area (Å²) < 4.78 is 37.4. The van der Waals surface area contributed by atoms with Crippen molar-refractivity contribution in [2.45, 2.75) is 12.6 Å². The van der Waals surface area contributed by atoms with Crippen molar-refractivity contribution in [3.05, 3.63) is 44.9 Å². The second-order valence-corrected chi connectivity index (χ2v) is 4.93. The molecule has 0 bridgehead atoms. The minimum absolute atomic E-state index is 0.169. The third kappa shape index (κ3) is 3.38. The number of rotatable bonds is 2. The number of halogens is 4. The first-order chi connectivity index (χ1) is 9.26. The van der Waals surface area contributed by atoms with Gasteiger partial charge in [-0.25, -0.2) is 0 Å². The van der Waals surface area contributed by atoms with E-state index in [2.05, 4.69) is 20.9 Å². The van der Waals surface area contributed by atoms with Crippen LogP contribution in [0.3, 0.4) is 0 Å². The van der Waals surface area contributed by atoms with Crippen LogP contribution in [0.1, 0.15) is 5.82 Å². The molecule has 0 saturated heterocycles. The molecule has 0 aliphatic carbocycles. The quantitative estimate of drug-likeness (QED) is 0.876.